The van der Waals surface area contributed by atoms with Crippen molar-refractivity contribution < 1.29 is 28.6 Å². The minimum atomic E-state index is -0.940. The second-order valence-corrected chi connectivity index (χ2v) is 7.21. The molecule has 10 nitrogen and oxygen atoms in total. The Hall–Kier alpha value is -3.73. The Morgan fingerprint density at radius 1 is 0.938 bits per heavy atom. The number of aliphatic imine (C=N–C) groups is 1. The predicted octanol–water partition coefficient (Wildman–Crippen LogP) is 4.09. The van der Waals surface area contributed by atoms with Crippen LogP contribution in [-0.2, 0) is 14.3 Å². The third-order valence-electron chi connectivity index (χ3n) is 3.90. The molecule has 3 N–H and O–H groups in total. The number of methoxy groups -OCH3 is 3. The first-order valence-corrected chi connectivity index (χ1v) is 10.2. The van der Waals surface area contributed by atoms with Crippen molar-refractivity contribution >= 4 is 47.2 Å². The summed E-state index contributed by atoms with van der Waals surface area (Å²) in [6.45, 7) is 1.72. The highest BCUT2D eigenvalue weighted by Gasteiger charge is 2.14. The molecule has 2 rings (SSSR count). The van der Waals surface area contributed by atoms with E-state index >= 15 is 0 Å². The number of nitrogens with one attached hydrogen (secondary N) is 3. The molecule has 32 heavy (non-hydrogen) atoms. The highest BCUT2D eigenvalue weighted by Crippen LogP contribution is 2.34. The minimum absolute atomic E-state index is 0.214. The lowest BCUT2D eigenvalue weighted by Gasteiger charge is -2.16. The summed E-state index contributed by atoms with van der Waals surface area (Å²) in [5.74, 6) is 0.266. The van der Waals surface area contributed by atoms with Crippen molar-refractivity contribution in [3.8, 4) is 5.75 Å². The maximum Gasteiger partial charge on any atom is 0.436 e. The standard InChI is InChI=1S/C21H24N4O6S/c1-5-18(26)22-16-10-9-15(32-14-8-6-7-13(11-14)29-2)12-17(16)23-19(24-20(27)30-3)25-21(28)31-4/h6-12H,5H2,1-4H3,(H,22,26)(H2,23,24,25,27,28). The van der Waals surface area contributed by atoms with Gasteiger partial charge in [-0.25, -0.2) is 9.59 Å². The number of nitrogens with zero attached hydrogens (tertiary/aromatic N) is 1. The fraction of sp³-hybridized carbons (Fsp3) is 0.238. The number of anilines is 2. The molecule has 0 saturated heterocycles. The van der Waals surface area contributed by atoms with E-state index in [1.807, 2.05) is 30.3 Å². The first-order chi connectivity index (χ1) is 15.4. The number of benzene rings is 2. The van der Waals surface area contributed by atoms with E-state index in [1.54, 1.807) is 26.2 Å². The maximum absolute atomic E-state index is 12.0. The monoisotopic (exact) mass is 460 g/mol. The van der Waals surface area contributed by atoms with Crippen LogP contribution in [0.3, 0.4) is 0 Å². The van der Waals surface area contributed by atoms with E-state index in [1.165, 1.54) is 18.9 Å². The third-order valence-corrected chi connectivity index (χ3v) is 4.88. The zero-order chi connectivity index (χ0) is 23.5. The van der Waals surface area contributed by atoms with Crippen molar-refractivity contribution in [2.45, 2.75) is 23.1 Å². The number of alkyl carbamates (subject to hydrolysis) is 1. The molecule has 11 heteroatoms. The summed E-state index contributed by atoms with van der Waals surface area (Å²) >= 11 is 1.45. The Kier molecular flexibility index (Phi) is 9.36. The molecule has 0 heterocycles. The average Bonchev–Trinajstić information content (AvgIpc) is 2.80. The van der Waals surface area contributed by atoms with Crippen molar-refractivity contribution in [2.75, 3.05) is 32.0 Å². The van der Waals surface area contributed by atoms with E-state index in [-0.39, 0.29) is 18.3 Å². The van der Waals surface area contributed by atoms with E-state index in [0.29, 0.717) is 11.4 Å². The summed E-state index contributed by atoms with van der Waals surface area (Å²) in [5, 5.41) is 7.90. The number of ether oxygens (including phenoxy) is 3. The number of carbonyl (C=O) groups is 3. The molecule has 0 atom stereocenters. The molecule has 170 valence electrons. The van der Waals surface area contributed by atoms with Gasteiger partial charge in [-0.3, -0.25) is 10.1 Å². The lowest BCUT2D eigenvalue weighted by molar-refractivity contribution is -0.115. The van der Waals surface area contributed by atoms with Crippen LogP contribution >= 0.6 is 11.8 Å². The van der Waals surface area contributed by atoms with E-state index in [9.17, 15) is 14.4 Å². The fourth-order valence-corrected chi connectivity index (χ4v) is 3.24. The quantitative estimate of drug-likeness (QED) is 0.435. The lowest BCUT2D eigenvalue weighted by Crippen LogP contribution is -2.36. The summed E-state index contributed by atoms with van der Waals surface area (Å²) < 4.78 is 14.3. The van der Waals surface area contributed by atoms with Gasteiger partial charge in [0.2, 0.25) is 11.9 Å². The molecule has 2 aromatic carbocycles. The lowest BCUT2D eigenvalue weighted by atomic mass is 10.2. The normalized spacial score (nSPS) is 10.7. The summed E-state index contributed by atoms with van der Waals surface area (Å²) in [6.07, 6.45) is -1.52. The number of amides is 3. The van der Waals surface area contributed by atoms with Gasteiger partial charge in [0.15, 0.2) is 0 Å². The van der Waals surface area contributed by atoms with Gasteiger partial charge in [-0.1, -0.05) is 24.8 Å². The molecule has 0 fully saturated rings. The van der Waals surface area contributed by atoms with Gasteiger partial charge in [0.25, 0.3) is 0 Å². The van der Waals surface area contributed by atoms with Gasteiger partial charge in [-0.2, -0.15) is 0 Å². The molecule has 0 saturated carbocycles. The average molecular weight is 461 g/mol. The summed E-state index contributed by atoms with van der Waals surface area (Å²) in [6, 6.07) is 12.8. The van der Waals surface area contributed by atoms with Gasteiger partial charge >= 0.3 is 12.2 Å². The predicted molar refractivity (Wildman–Crippen MR) is 121 cm³/mol. The van der Waals surface area contributed by atoms with E-state index in [4.69, 9.17) is 4.74 Å². The van der Waals surface area contributed by atoms with E-state index in [2.05, 4.69) is 30.4 Å². The molecule has 0 spiro atoms. The van der Waals surface area contributed by atoms with Crippen LogP contribution in [0.5, 0.6) is 5.75 Å². The molecular weight excluding hydrogens is 436 g/mol. The fourth-order valence-electron chi connectivity index (χ4n) is 2.34. The summed E-state index contributed by atoms with van der Waals surface area (Å²) in [4.78, 5) is 40.7. The van der Waals surface area contributed by atoms with E-state index in [0.717, 1.165) is 22.7 Å². The second kappa shape index (κ2) is 12.2. The molecule has 0 radical (unpaired) electrons. The SMILES string of the molecule is CCC(=O)Nc1ccc(Sc2cccc(OC)c2)cc1NC(=NC(=O)OC)NC(=O)OC. The molecule has 0 aliphatic rings. The number of hydrogen-bond donors (Lipinski definition) is 3. The Morgan fingerprint density at radius 3 is 2.34 bits per heavy atom. The highest BCUT2D eigenvalue weighted by atomic mass is 32.2. The highest BCUT2D eigenvalue weighted by molar-refractivity contribution is 7.99. The van der Waals surface area contributed by atoms with Gasteiger partial charge in [0, 0.05) is 16.2 Å². The first kappa shape index (κ1) is 24.5. The van der Waals surface area contributed by atoms with Crippen LogP contribution in [0.1, 0.15) is 13.3 Å². The second-order valence-electron chi connectivity index (χ2n) is 6.06. The van der Waals surface area contributed by atoms with Crippen LogP contribution in [0.4, 0.5) is 21.0 Å². The van der Waals surface area contributed by atoms with Gasteiger partial charge in [0.05, 0.1) is 32.7 Å². The van der Waals surface area contributed by atoms with Crippen LogP contribution in [0.2, 0.25) is 0 Å². The Labute approximate surface area is 189 Å². The zero-order valence-electron chi connectivity index (χ0n) is 18.1. The molecule has 0 unspecified atom stereocenters. The van der Waals surface area contributed by atoms with Crippen molar-refractivity contribution in [1.82, 2.24) is 5.32 Å². The molecule has 0 aliphatic carbocycles. The molecule has 0 bridgehead atoms. The van der Waals surface area contributed by atoms with Gasteiger partial charge in [0.1, 0.15) is 5.75 Å². The molecule has 0 aliphatic heterocycles. The van der Waals surface area contributed by atoms with Crippen molar-refractivity contribution in [3.05, 3.63) is 42.5 Å². The minimum Gasteiger partial charge on any atom is -0.497 e. The van der Waals surface area contributed by atoms with Crippen LogP contribution in [0, 0.1) is 0 Å². The largest absolute Gasteiger partial charge is 0.497 e. The van der Waals surface area contributed by atoms with Gasteiger partial charge in [-0.05, 0) is 36.4 Å². The molecular formula is C21H24N4O6S. The van der Waals surface area contributed by atoms with Gasteiger partial charge < -0.3 is 24.8 Å². The first-order valence-electron chi connectivity index (χ1n) is 9.43. The summed E-state index contributed by atoms with van der Waals surface area (Å²) in [5.41, 5.74) is 0.815. The van der Waals surface area contributed by atoms with Crippen LogP contribution in [0.25, 0.3) is 0 Å². The Bertz CT molecular complexity index is 1010. The van der Waals surface area contributed by atoms with Crippen molar-refractivity contribution in [1.29, 1.82) is 0 Å². The molecule has 2 aromatic rings. The van der Waals surface area contributed by atoms with Crippen LogP contribution < -0.4 is 20.7 Å². The number of carbonyl (C=O) groups excluding carboxylic acids is 3. The Balaban J connectivity index is 2.40. The topological polar surface area (TPSA) is 127 Å². The Morgan fingerprint density at radius 2 is 1.69 bits per heavy atom. The smallest absolute Gasteiger partial charge is 0.436 e. The molecule has 0 aromatic heterocycles. The zero-order valence-corrected chi connectivity index (χ0v) is 18.9. The molecule has 3 amide bonds. The summed E-state index contributed by atoms with van der Waals surface area (Å²) in [7, 11) is 3.91. The number of rotatable bonds is 6. The van der Waals surface area contributed by atoms with Crippen LogP contribution in [0.15, 0.2) is 57.2 Å². The maximum atomic E-state index is 12.0. The van der Waals surface area contributed by atoms with Crippen molar-refractivity contribution in [2.24, 2.45) is 4.99 Å². The van der Waals surface area contributed by atoms with Crippen LogP contribution in [-0.4, -0.2) is 45.4 Å². The van der Waals surface area contributed by atoms with E-state index < -0.39 is 12.2 Å². The third kappa shape index (κ3) is 7.51. The number of hydrogen-bond acceptors (Lipinski definition) is 7. The number of guanidine groups is 1. The van der Waals surface area contributed by atoms with Crippen molar-refractivity contribution in [3.63, 3.8) is 0 Å². The van der Waals surface area contributed by atoms with Gasteiger partial charge in [-0.15, -0.1) is 4.99 Å².